The summed E-state index contributed by atoms with van der Waals surface area (Å²) >= 11 is 2.75. The summed E-state index contributed by atoms with van der Waals surface area (Å²) in [5, 5.41) is 25.3. The maximum absolute atomic E-state index is 12.9. The van der Waals surface area contributed by atoms with Crippen molar-refractivity contribution in [1.82, 2.24) is 20.0 Å². The van der Waals surface area contributed by atoms with Crippen LogP contribution >= 0.6 is 23.1 Å². The molecule has 4 rings (SSSR count). The van der Waals surface area contributed by atoms with Crippen LogP contribution in [0.15, 0.2) is 57.7 Å². The third-order valence-electron chi connectivity index (χ3n) is 4.45. The van der Waals surface area contributed by atoms with Gasteiger partial charge in [0, 0.05) is 17.7 Å². The maximum Gasteiger partial charge on any atom is 0.278 e. The van der Waals surface area contributed by atoms with Gasteiger partial charge in [-0.05, 0) is 30.7 Å². The number of fused-ring (bicyclic) bond motifs is 1. The molecule has 0 aliphatic heterocycles. The van der Waals surface area contributed by atoms with Crippen LogP contribution in [0.25, 0.3) is 10.8 Å². The van der Waals surface area contributed by atoms with Gasteiger partial charge in [0.15, 0.2) is 10.0 Å². The number of benzene rings is 2. The summed E-state index contributed by atoms with van der Waals surface area (Å²) in [4.78, 5) is 25.3. The number of amides is 1. The van der Waals surface area contributed by atoms with Gasteiger partial charge < -0.3 is 0 Å². The van der Waals surface area contributed by atoms with Crippen molar-refractivity contribution in [3.63, 3.8) is 0 Å². The SMILES string of the molecule is CCn1nc(C(=O)Nc2nnc(SCc3ccc(C#N)cc3)s2)c2ccccc2c1=O. The normalized spacial score (nSPS) is 10.7. The zero-order valence-electron chi connectivity index (χ0n) is 16.4. The van der Waals surface area contributed by atoms with Crippen molar-refractivity contribution in [2.75, 3.05) is 5.32 Å². The first-order valence-electron chi connectivity index (χ1n) is 9.35. The van der Waals surface area contributed by atoms with Crippen molar-refractivity contribution < 1.29 is 4.79 Å². The quantitative estimate of drug-likeness (QED) is 0.353. The van der Waals surface area contributed by atoms with Crippen LogP contribution in [0.2, 0.25) is 0 Å². The molecule has 0 atom stereocenters. The van der Waals surface area contributed by atoms with E-state index in [-0.39, 0.29) is 11.3 Å². The van der Waals surface area contributed by atoms with Crippen LogP contribution < -0.4 is 10.9 Å². The fourth-order valence-corrected chi connectivity index (χ4v) is 4.62. The van der Waals surface area contributed by atoms with E-state index in [0.29, 0.717) is 38.1 Å². The van der Waals surface area contributed by atoms with Crippen molar-refractivity contribution in [3.05, 3.63) is 75.7 Å². The molecule has 1 N–H and O–H groups in total. The number of nitrogens with one attached hydrogen (secondary N) is 1. The number of thioether (sulfide) groups is 1. The minimum absolute atomic E-state index is 0.166. The van der Waals surface area contributed by atoms with E-state index in [2.05, 4.69) is 26.7 Å². The van der Waals surface area contributed by atoms with Crippen molar-refractivity contribution in [2.45, 2.75) is 23.6 Å². The number of aryl methyl sites for hydroxylation is 1. The van der Waals surface area contributed by atoms with Gasteiger partial charge >= 0.3 is 0 Å². The Morgan fingerprint density at radius 3 is 2.61 bits per heavy atom. The smallest absolute Gasteiger partial charge is 0.278 e. The topological polar surface area (TPSA) is 114 Å². The molecule has 0 radical (unpaired) electrons. The first-order valence-corrected chi connectivity index (χ1v) is 11.2. The molecule has 0 spiro atoms. The van der Waals surface area contributed by atoms with Crippen LogP contribution in [0.3, 0.4) is 0 Å². The number of nitriles is 1. The first-order chi connectivity index (χ1) is 15.1. The molecule has 154 valence electrons. The van der Waals surface area contributed by atoms with E-state index >= 15 is 0 Å². The largest absolute Gasteiger partial charge is 0.295 e. The highest BCUT2D eigenvalue weighted by atomic mass is 32.2. The van der Waals surface area contributed by atoms with Gasteiger partial charge in [0.1, 0.15) is 0 Å². The lowest BCUT2D eigenvalue weighted by Crippen LogP contribution is -2.27. The summed E-state index contributed by atoms with van der Waals surface area (Å²) < 4.78 is 1.98. The van der Waals surface area contributed by atoms with Crippen LogP contribution in [-0.4, -0.2) is 25.9 Å². The number of aromatic nitrogens is 4. The minimum atomic E-state index is -0.446. The fraction of sp³-hybridized carbons (Fsp3) is 0.143. The minimum Gasteiger partial charge on any atom is -0.295 e. The van der Waals surface area contributed by atoms with Crippen LogP contribution in [0, 0.1) is 11.3 Å². The number of carbonyl (C=O) groups is 1. The van der Waals surface area contributed by atoms with E-state index in [1.807, 2.05) is 12.1 Å². The second-order valence-corrected chi connectivity index (χ2v) is 8.64. The molecular weight excluding hydrogens is 432 g/mol. The summed E-state index contributed by atoms with van der Waals surface area (Å²) in [5.74, 6) is 0.222. The molecule has 0 bridgehead atoms. The highest BCUT2D eigenvalue weighted by Gasteiger charge is 2.18. The molecule has 2 aromatic carbocycles. The van der Waals surface area contributed by atoms with Crippen molar-refractivity contribution in [2.24, 2.45) is 0 Å². The van der Waals surface area contributed by atoms with E-state index in [4.69, 9.17) is 5.26 Å². The average Bonchev–Trinajstić information content (AvgIpc) is 3.25. The number of rotatable bonds is 6. The number of anilines is 1. The zero-order chi connectivity index (χ0) is 21.8. The van der Waals surface area contributed by atoms with Gasteiger partial charge in [0.2, 0.25) is 5.13 Å². The molecule has 0 saturated carbocycles. The summed E-state index contributed by atoms with van der Waals surface area (Å²) in [6.07, 6.45) is 0. The molecule has 1 amide bonds. The summed E-state index contributed by atoms with van der Waals surface area (Å²) in [6.45, 7) is 2.16. The van der Waals surface area contributed by atoms with E-state index in [9.17, 15) is 9.59 Å². The molecule has 0 unspecified atom stereocenters. The Morgan fingerprint density at radius 2 is 1.90 bits per heavy atom. The van der Waals surface area contributed by atoms with E-state index in [1.54, 1.807) is 43.3 Å². The predicted octanol–water partition coefficient (Wildman–Crippen LogP) is 3.68. The lowest BCUT2D eigenvalue weighted by atomic mass is 10.1. The molecular formula is C21H16N6O2S2. The third-order valence-corrected chi connectivity index (χ3v) is 6.50. The summed E-state index contributed by atoms with van der Waals surface area (Å²) in [5.41, 5.74) is 1.61. The Kier molecular flexibility index (Phi) is 6.06. The fourth-order valence-electron chi connectivity index (χ4n) is 2.91. The van der Waals surface area contributed by atoms with Crippen LogP contribution in [-0.2, 0) is 12.3 Å². The maximum atomic E-state index is 12.9. The van der Waals surface area contributed by atoms with Gasteiger partial charge in [0.05, 0.1) is 17.0 Å². The van der Waals surface area contributed by atoms with Gasteiger partial charge in [0.25, 0.3) is 11.5 Å². The molecule has 31 heavy (non-hydrogen) atoms. The molecule has 0 saturated heterocycles. The highest BCUT2D eigenvalue weighted by Crippen LogP contribution is 2.28. The molecule has 2 aromatic heterocycles. The number of hydrogen-bond acceptors (Lipinski definition) is 8. The van der Waals surface area contributed by atoms with Crippen LogP contribution in [0.1, 0.15) is 28.5 Å². The van der Waals surface area contributed by atoms with Gasteiger partial charge in [-0.1, -0.05) is 53.4 Å². The van der Waals surface area contributed by atoms with Crippen molar-refractivity contribution >= 4 is 44.9 Å². The van der Waals surface area contributed by atoms with Crippen LogP contribution in [0.4, 0.5) is 5.13 Å². The van der Waals surface area contributed by atoms with Gasteiger partial charge in [-0.25, -0.2) is 4.68 Å². The standard InChI is InChI=1S/C21H16N6O2S2/c1-2-27-19(29)16-6-4-3-5-15(16)17(26-27)18(28)23-20-24-25-21(31-20)30-12-14-9-7-13(11-22)8-10-14/h3-10H,2,12H2,1H3,(H,23,24,28). The molecule has 8 nitrogen and oxygen atoms in total. The van der Waals surface area contributed by atoms with E-state index in [1.165, 1.54) is 27.8 Å². The van der Waals surface area contributed by atoms with E-state index < -0.39 is 5.91 Å². The summed E-state index contributed by atoms with van der Waals surface area (Å²) in [6, 6.07) is 16.3. The van der Waals surface area contributed by atoms with Crippen molar-refractivity contribution in [1.29, 1.82) is 5.26 Å². The Hall–Kier alpha value is -3.55. The molecule has 0 aliphatic rings. The van der Waals surface area contributed by atoms with E-state index in [0.717, 1.165) is 5.56 Å². The lowest BCUT2D eigenvalue weighted by molar-refractivity contribution is 0.102. The average molecular weight is 449 g/mol. The molecule has 2 heterocycles. The number of carbonyl (C=O) groups excluding carboxylic acids is 1. The third kappa shape index (κ3) is 4.47. The molecule has 4 aromatic rings. The Balaban J connectivity index is 1.50. The van der Waals surface area contributed by atoms with Crippen LogP contribution in [0.5, 0.6) is 0 Å². The zero-order valence-corrected chi connectivity index (χ0v) is 18.0. The summed E-state index contributed by atoms with van der Waals surface area (Å²) in [7, 11) is 0. The van der Waals surface area contributed by atoms with Gasteiger partial charge in [-0.2, -0.15) is 10.4 Å². The molecule has 0 fully saturated rings. The highest BCUT2D eigenvalue weighted by molar-refractivity contribution is 8.00. The Labute approximate surface area is 185 Å². The monoisotopic (exact) mass is 448 g/mol. The van der Waals surface area contributed by atoms with Gasteiger partial charge in [-0.15, -0.1) is 10.2 Å². The lowest BCUT2D eigenvalue weighted by Gasteiger charge is -2.08. The number of nitrogens with zero attached hydrogens (tertiary/aromatic N) is 5. The second kappa shape index (κ2) is 9.07. The Morgan fingerprint density at radius 1 is 1.16 bits per heavy atom. The molecule has 0 aliphatic carbocycles. The Bertz CT molecular complexity index is 1360. The number of hydrogen-bond donors (Lipinski definition) is 1. The van der Waals surface area contributed by atoms with Crippen molar-refractivity contribution in [3.8, 4) is 6.07 Å². The predicted molar refractivity (Wildman–Crippen MR) is 120 cm³/mol. The first kappa shape index (κ1) is 20.7. The second-order valence-electron chi connectivity index (χ2n) is 6.44. The molecule has 10 heteroatoms. The van der Waals surface area contributed by atoms with Gasteiger partial charge in [-0.3, -0.25) is 14.9 Å².